The number of hydrogen-bond donors (Lipinski definition) is 2. The number of benzene rings is 1. The molecule has 0 spiro atoms. The molecule has 31 heavy (non-hydrogen) atoms. The van der Waals surface area contributed by atoms with Crippen LogP contribution in [0.5, 0.6) is 5.75 Å². The largest absolute Gasteiger partial charge is 0.493 e. The van der Waals surface area contributed by atoms with Crippen LogP contribution in [0.15, 0.2) is 59.9 Å². The molecule has 9 heteroatoms. The molecule has 1 fully saturated rings. The maximum absolute atomic E-state index is 5.98. The minimum absolute atomic E-state index is 0.220. The molecule has 3 heterocycles. The van der Waals surface area contributed by atoms with Crippen molar-refractivity contribution in [3.8, 4) is 28.3 Å². The van der Waals surface area contributed by atoms with Gasteiger partial charge in [-0.3, -0.25) is 4.68 Å². The standard InChI is InChI=1S/C22H23N7O2/c1-30-20-11-25-22(27-17-4-2-3-15(7-17)19-10-24-13-31-19)28-21(20)16-9-26-29(12-16)18(8-23)14-5-6-14/h2-4,7,9-14,18H,5-6,8,23H2,1H3,(H,25,27,28). The Hall–Kier alpha value is -3.72. The molecule has 0 amide bonds. The monoisotopic (exact) mass is 417 g/mol. The zero-order valence-corrected chi connectivity index (χ0v) is 17.1. The molecule has 0 bridgehead atoms. The molecule has 1 aliphatic carbocycles. The molecular formula is C22H23N7O2. The zero-order chi connectivity index (χ0) is 21.2. The van der Waals surface area contributed by atoms with Crippen molar-refractivity contribution in [1.82, 2.24) is 24.7 Å². The van der Waals surface area contributed by atoms with Crippen LogP contribution in [0, 0.1) is 5.92 Å². The molecule has 9 nitrogen and oxygen atoms in total. The second-order valence-corrected chi connectivity index (χ2v) is 7.53. The molecule has 158 valence electrons. The molecule has 3 aromatic heterocycles. The number of oxazole rings is 1. The van der Waals surface area contributed by atoms with E-state index in [1.807, 2.05) is 35.1 Å². The van der Waals surface area contributed by atoms with Gasteiger partial charge in [0.2, 0.25) is 5.95 Å². The Balaban J connectivity index is 1.43. The molecule has 5 rings (SSSR count). The molecule has 3 N–H and O–H groups in total. The Bertz CT molecular complexity index is 1170. The SMILES string of the molecule is COc1cnc(Nc2cccc(-c3cnco3)c2)nc1-c1cnn(C(CN)C2CC2)c1. The fourth-order valence-electron chi connectivity index (χ4n) is 3.66. The van der Waals surface area contributed by atoms with Gasteiger partial charge in [-0.15, -0.1) is 0 Å². The molecule has 1 aliphatic rings. The number of aromatic nitrogens is 5. The minimum atomic E-state index is 0.220. The van der Waals surface area contributed by atoms with Gasteiger partial charge in [-0.25, -0.2) is 15.0 Å². The third-order valence-electron chi connectivity index (χ3n) is 5.43. The number of nitrogens with one attached hydrogen (secondary N) is 1. The lowest BCUT2D eigenvalue weighted by atomic mass is 10.1. The van der Waals surface area contributed by atoms with Gasteiger partial charge in [-0.1, -0.05) is 12.1 Å². The Morgan fingerprint density at radius 2 is 2.16 bits per heavy atom. The Morgan fingerprint density at radius 1 is 1.26 bits per heavy atom. The molecule has 0 radical (unpaired) electrons. The lowest BCUT2D eigenvalue weighted by molar-refractivity contribution is 0.412. The van der Waals surface area contributed by atoms with Crippen LogP contribution in [0.1, 0.15) is 18.9 Å². The molecular weight excluding hydrogens is 394 g/mol. The van der Waals surface area contributed by atoms with Crippen LogP contribution in [0.3, 0.4) is 0 Å². The van der Waals surface area contributed by atoms with Crippen molar-refractivity contribution in [3.63, 3.8) is 0 Å². The van der Waals surface area contributed by atoms with Crippen LogP contribution in [0.2, 0.25) is 0 Å². The Morgan fingerprint density at radius 3 is 2.90 bits per heavy atom. The van der Waals surface area contributed by atoms with E-state index in [2.05, 4.69) is 20.4 Å². The number of ether oxygens (including phenoxy) is 1. The van der Waals surface area contributed by atoms with Crippen LogP contribution in [-0.4, -0.2) is 38.4 Å². The first-order chi connectivity index (χ1) is 15.2. The molecule has 4 aromatic rings. The van der Waals surface area contributed by atoms with Crippen molar-refractivity contribution in [1.29, 1.82) is 0 Å². The average molecular weight is 417 g/mol. The van der Waals surface area contributed by atoms with Gasteiger partial charge >= 0.3 is 0 Å². The number of anilines is 2. The quantitative estimate of drug-likeness (QED) is 0.446. The topological polar surface area (TPSA) is 117 Å². The van der Waals surface area contributed by atoms with Crippen molar-refractivity contribution in [2.24, 2.45) is 11.7 Å². The normalized spacial score (nSPS) is 14.4. The first kappa shape index (κ1) is 19.3. The van der Waals surface area contributed by atoms with Gasteiger partial charge in [0.05, 0.1) is 31.7 Å². The number of methoxy groups -OCH3 is 1. The zero-order valence-electron chi connectivity index (χ0n) is 17.1. The van der Waals surface area contributed by atoms with Gasteiger partial charge in [-0.05, 0) is 30.9 Å². The number of nitrogens with two attached hydrogens (primary N) is 1. The molecule has 1 atom stereocenters. The van der Waals surface area contributed by atoms with Crippen LogP contribution in [0.25, 0.3) is 22.6 Å². The summed E-state index contributed by atoms with van der Waals surface area (Å²) < 4.78 is 12.8. The summed E-state index contributed by atoms with van der Waals surface area (Å²) in [5.74, 6) is 2.34. The van der Waals surface area contributed by atoms with Crippen molar-refractivity contribution >= 4 is 11.6 Å². The summed E-state index contributed by atoms with van der Waals surface area (Å²) in [5, 5.41) is 7.79. The fourth-order valence-corrected chi connectivity index (χ4v) is 3.66. The molecule has 1 aromatic carbocycles. The van der Waals surface area contributed by atoms with E-state index in [9.17, 15) is 0 Å². The van der Waals surface area contributed by atoms with E-state index < -0.39 is 0 Å². The summed E-state index contributed by atoms with van der Waals surface area (Å²) in [6.07, 6.45) is 10.9. The first-order valence-electron chi connectivity index (χ1n) is 10.2. The van der Waals surface area contributed by atoms with Crippen LogP contribution in [-0.2, 0) is 0 Å². The van der Waals surface area contributed by atoms with E-state index in [0.717, 1.165) is 16.8 Å². The lowest BCUT2D eigenvalue weighted by Gasteiger charge is -2.14. The summed E-state index contributed by atoms with van der Waals surface area (Å²) >= 11 is 0. The number of rotatable bonds is 8. The maximum atomic E-state index is 5.98. The summed E-state index contributed by atoms with van der Waals surface area (Å²) in [6, 6.07) is 7.99. The fraction of sp³-hybridized carbons (Fsp3) is 0.273. The number of hydrogen-bond acceptors (Lipinski definition) is 8. The predicted molar refractivity (Wildman–Crippen MR) is 116 cm³/mol. The smallest absolute Gasteiger partial charge is 0.227 e. The van der Waals surface area contributed by atoms with E-state index in [0.29, 0.717) is 35.6 Å². The van der Waals surface area contributed by atoms with E-state index in [1.54, 1.807) is 25.7 Å². The maximum Gasteiger partial charge on any atom is 0.227 e. The second kappa shape index (κ2) is 8.19. The first-order valence-corrected chi connectivity index (χ1v) is 10.2. The highest BCUT2D eigenvalue weighted by Crippen LogP contribution is 2.39. The summed E-state index contributed by atoms with van der Waals surface area (Å²) in [6.45, 7) is 0.570. The van der Waals surface area contributed by atoms with Gasteiger partial charge in [0.15, 0.2) is 17.9 Å². The molecule has 0 saturated heterocycles. The van der Waals surface area contributed by atoms with Gasteiger partial charge in [-0.2, -0.15) is 5.10 Å². The van der Waals surface area contributed by atoms with Crippen LogP contribution in [0.4, 0.5) is 11.6 Å². The lowest BCUT2D eigenvalue weighted by Crippen LogP contribution is -2.21. The van der Waals surface area contributed by atoms with Crippen molar-refractivity contribution in [2.75, 3.05) is 19.0 Å². The van der Waals surface area contributed by atoms with Gasteiger partial charge in [0.1, 0.15) is 5.69 Å². The summed E-state index contributed by atoms with van der Waals surface area (Å²) in [4.78, 5) is 13.1. The summed E-state index contributed by atoms with van der Waals surface area (Å²) in [7, 11) is 1.60. The van der Waals surface area contributed by atoms with Gasteiger partial charge in [0.25, 0.3) is 0 Å². The second-order valence-electron chi connectivity index (χ2n) is 7.53. The van der Waals surface area contributed by atoms with Crippen molar-refractivity contribution < 1.29 is 9.15 Å². The van der Waals surface area contributed by atoms with Gasteiger partial charge in [0, 0.05) is 29.6 Å². The Kier molecular flexibility index (Phi) is 5.09. The summed E-state index contributed by atoms with van der Waals surface area (Å²) in [5.41, 5.74) is 9.24. The van der Waals surface area contributed by atoms with Crippen LogP contribution < -0.4 is 15.8 Å². The molecule has 1 unspecified atom stereocenters. The molecule has 1 saturated carbocycles. The van der Waals surface area contributed by atoms with Gasteiger partial charge < -0.3 is 20.2 Å². The van der Waals surface area contributed by atoms with E-state index in [1.165, 1.54) is 19.2 Å². The van der Waals surface area contributed by atoms with Crippen LogP contribution >= 0.6 is 0 Å². The van der Waals surface area contributed by atoms with E-state index in [-0.39, 0.29) is 6.04 Å². The Labute approximate surface area is 179 Å². The third-order valence-corrected chi connectivity index (χ3v) is 5.43. The van der Waals surface area contributed by atoms with E-state index in [4.69, 9.17) is 19.9 Å². The van der Waals surface area contributed by atoms with E-state index >= 15 is 0 Å². The minimum Gasteiger partial charge on any atom is -0.493 e. The highest BCUT2D eigenvalue weighted by atomic mass is 16.5. The number of nitrogens with zero attached hydrogens (tertiary/aromatic N) is 5. The predicted octanol–water partition coefficient (Wildman–Crippen LogP) is 3.66. The van der Waals surface area contributed by atoms with Crippen molar-refractivity contribution in [2.45, 2.75) is 18.9 Å². The third kappa shape index (κ3) is 3.99. The highest BCUT2D eigenvalue weighted by molar-refractivity contribution is 5.69. The molecule has 0 aliphatic heterocycles. The average Bonchev–Trinajstić information content (AvgIpc) is 3.27. The van der Waals surface area contributed by atoms with Crippen molar-refractivity contribution in [3.05, 3.63) is 55.4 Å². The highest BCUT2D eigenvalue weighted by Gasteiger charge is 2.32.